The molecule has 0 amide bonds. The second-order valence-electron chi connectivity index (χ2n) is 2.95. The number of hydrogen-bond acceptors (Lipinski definition) is 0. The summed E-state index contributed by atoms with van der Waals surface area (Å²) in [6, 6.07) is 0. The molecule has 0 unspecified atom stereocenters. The molecule has 0 aliphatic heterocycles. The molecular weight excluding hydrogens is 132 g/mol. The van der Waals surface area contributed by atoms with Gasteiger partial charge in [-0.25, -0.2) is 0 Å². The maximum Gasteiger partial charge on any atom is -0.0136 e. The summed E-state index contributed by atoms with van der Waals surface area (Å²) in [5.74, 6) is 0. The number of allylic oxidation sites excluding steroid dienone is 4. The first kappa shape index (κ1) is 8.58. The number of hydrogen-bond donors (Lipinski definition) is 0. The number of rotatable bonds is 3. The summed E-state index contributed by atoms with van der Waals surface area (Å²) in [5, 5.41) is 0. The lowest BCUT2D eigenvalue weighted by molar-refractivity contribution is 0.920. The first-order valence-corrected chi connectivity index (χ1v) is 4.30. The predicted octanol–water partition coefficient (Wildman–Crippen LogP) is 3.47. The van der Waals surface area contributed by atoms with Crippen molar-refractivity contribution >= 4 is 0 Å². The van der Waals surface area contributed by atoms with Crippen molar-refractivity contribution in [3.8, 4) is 0 Å². The van der Waals surface area contributed by atoms with Crippen molar-refractivity contribution in [1.29, 1.82) is 0 Å². The van der Waals surface area contributed by atoms with Crippen LogP contribution < -0.4 is 0 Å². The molecule has 1 rings (SSSR count). The highest BCUT2D eigenvalue weighted by atomic mass is 14.1. The Hall–Kier alpha value is -0.520. The topological polar surface area (TPSA) is 0 Å². The smallest absolute Gasteiger partial charge is 0.0136 e. The summed E-state index contributed by atoms with van der Waals surface area (Å²) in [6.45, 7) is 6.05. The molecule has 0 aromatic rings. The fourth-order valence-electron chi connectivity index (χ4n) is 1.49. The quantitative estimate of drug-likeness (QED) is 0.537. The molecule has 0 saturated heterocycles. The molecule has 1 aliphatic rings. The largest absolute Gasteiger partial charge is 0.0841 e. The van der Waals surface area contributed by atoms with Gasteiger partial charge in [-0.15, -0.1) is 0 Å². The molecule has 0 saturated carbocycles. The summed E-state index contributed by atoms with van der Waals surface area (Å²) < 4.78 is 0. The van der Waals surface area contributed by atoms with Gasteiger partial charge in [-0.1, -0.05) is 30.2 Å². The Balaban J connectivity index is 2.60. The predicted molar refractivity (Wildman–Crippen MR) is 50.0 cm³/mol. The average molecular weight is 148 g/mol. The van der Waals surface area contributed by atoms with Crippen LogP contribution in [0.25, 0.3) is 0 Å². The monoisotopic (exact) mass is 148 g/mol. The third-order valence-corrected chi connectivity index (χ3v) is 2.15. The Bertz CT molecular complexity index is 172. The van der Waals surface area contributed by atoms with Crippen LogP contribution in [0.15, 0.2) is 23.3 Å². The zero-order valence-corrected chi connectivity index (χ0v) is 7.27. The van der Waals surface area contributed by atoms with Gasteiger partial charge in [-0.3, -0.25) is 0 Å². The van der Waals surface area contributed by atoms with Gasteiger partial charge >= 0.3 is 0 Å². The maximum atomic E-state index is 3.94. The van der Waals surface area contributed by atoms with E-state index in [0.717, 1.165) is 25.7 Å². The third-order valence-electron chi connectivity index (χ3n) is 2.15. The van der Waals surface area contributed by atoms with Crippen LogP contribution in [0, 0.1) is 13.3 Å². The third kappa shape index (κ3) is 2.21. The summed E-state index contributed by atoms with van der Waals surface area (Å²) in [5.41, 5.74) is 3.13. The van der Waals surface area contributed by atoms with Crippen molar-refractivity contribution < 1.29 is 0 Å². The summed E-state index contributed by atoms with van der Waals surface area (Å²) in [4.78, 5) is 0. The molecule has 0 bridgehead atoms. The van der Waals surface area contributed by atoms with E-state index in [2.05, 4.69) is 32.4 Å². The van der Waals surface area contributed by atoms with E-state index in [1.54, 1.807) is 11.1 Å². The minimum Gasteiger partial charge on any atom is -0.0841 e. The fraction of sp³-hybridized carbons (Fsp3) is 0.455. The molecule has 60 valence electrons. The Morgan fingerprint density at radius 2 is 2.00 bits per heavy atom. The molecule has 0 spiro atoms. The van der Waals surface area contributed by atoms with Crippen molar-refractivity contribution in [3.05, 3.63) is 36.6 Å². The average Bonchev–Trinajstić information content (AvgIpc) is 2.06. The Labute approximate surface area is 70.0 Å². The van der Waals surface area contributed by atoms with Gasteiger partial charge in [0.2, 0.25) is 0 Å². The van der Waals surface area contributed by atoms with Crippen molar-refractivity contribution in [2.45, 2.75) is 32.6 Å². The van der Waals surface area contributed by atoms with E-state index in [1.807, 2.05) is 0 Å². The van der Waals surface area contributed by atoms with Crippen molar-refractivity contribution in [2.24, 2.45) is 0 Å². The minimum atomic E-state index is 0.980. The van der Waals surface area contributed by atoms with E-state index >= 15 is 0 Å². The van der Waals surface area contributed by atoms with E-state index in [9.17, 15) is 0 Å². The van der Waals surface area contributed by atoms with Crippen LogP contribution in [0.3, 0.4) is 0 Å². The van der Waals surface area contributed by atoms with E-state index in [-0.39, 0.29) is 0 Å². The van der Waals surface area contributed by atoms with Crippen LogP contribution in [0.1, 0.15) is 32.6 Å². The normalized spacial score (nSPS) is 17.6. The first-order chi connectivity index (χ1) is 5.38. The SMILES string of the molecule is [CH2]CC1=C(C[CH]C)CC=CC1. The molecule has 0 N–H and O–H groups in total. The molecule has 0 aromatic carbocycles. The van der Waals surface area contributed by atoms with Crippen molar-refractivity contribution in [1.82, 2.24) is 0 Å². The summed E-state index contributed by atoms with van der Waals surface area (Å²) in [6.07, 6.45) is 11.1. The summed E-state index contributed by atoms with van der Waals surface area (Å²) in [7, 11) is 0. The van der Waals surface area contributed by atoms with Crippen LogP contribution in [0.4, 0.5) is 0 Å². The van der Waals surface area contributed by atoms with Gasteiger partial charge in [0.25, 0.3) is 0 Å². The van der Waals surface area contributed by atoms with E-state index < -0.39 is 0 Å². The minimum absolute atomic E-state index is 0.980. The van der Waals surface area contributed by atoms with Gasteiger partial charge < -0.3 is 0 Å². The van der Waals surface area contributed by atoms with Gasteiger partial charge in [0.1, 0.15) is 0 Å². The van der Waals surface area contributed by atoms with Gasteiger partial charge in [0.05, 0.1) is 0 Å². The second kappa shape index (κ2) is 4.38. The molecule has 0 atom stereocenters. The van der Waals surface area contributed by atoms with Crippen LogP contribution in [0.2, 0.25) is 0 Å². The van der Waals surface area contributed by atoms with Gasteiger partial charge in [-0.05, 0) is 39.0 Å². The lowest BCUT2D eigenvalue weighted by Crippen LogP contribution is -1.94. The maximum absolute atomic E-state index is 3.94. The zero-order valence-electron chi connectivity index (χ0n) is 7.27. The highest BCUT2D eigenvalue weighted by Gasteiger charge is 2.05. The highest BCUT2D eigenvalue weighted by Crippen LogP contribution is 2.24. The summed E-state index contributed by atoms with van der Waals surface area (Å²) >= 11 is 0. The molecule has 0 aromatic heterocycles. The zero-order chi connectivity index (χ0) is 8.10. The molecule has 0 fully saturated rings. The van der Waals surface area contributed by atoms with Gasteiger partial charge in [0.15, 0.2) is 0 Å². The molecule has 1 aliphatic carbocycles. The Kier molecular flexibility index (Phi) is 3.41. The van der Waals surface area contributed by atoms with Gasteiger partial charge in [0, 0.05) is 0 Å². The van der Waals surface area contributed by atoms with Gasteiger partial charge in [-0.2, -0.15) is 0 Å². The van der Waals surface area contributed by atoms with Crippen molar-refractivity contribution in [2.75, 3.05) is 0 Å². The second-order valence-corrected chi connectivity index (χ2v) is 2.95. The Morgan fingerprint density at radius 1 is 1.36 bits per heavy atom. The molecular formula is C11H16. The fourth-order valence-corrected chi connectivity index (χ4v) is 1.49. The molecule has 0 heterocycles. The molecule has 0 heteroatoms. The van der Waals surface area contributed by atoms with Crippen LogP contribution >= 0.6 is 0 Å². The molecule has 0 nitrogen and oxygen atoms in total. The lowest BCUT2D eigenvalue weighted by atomic mass is 9.92. The van der Waals surface area contributed by atoms with E-state index in [4.69, 9.17) is 0 Å². The van der Waals surface area contributed by atoms with E-state index in [0.29, 0.717) is 0 Å². The van der Waals surface area contributed by atoms with Crippen LogP contribution in [-0.2, 0) is 0 Å². The molecule has 11 heavy (non-hydrogen) atoms. The van der Waals surface area contributed by atoms with Crippen LogP contribution in [0.5, 0.6) is 0 Å². The standard InChI is InChI=1S/C11H16/c1-3-7-11-9-6-5-8-10(11)4-2/h3,5-6H,2,4,7-9H2,1H3. The van der Waals surface area contributed by atoms with Crippen LogP contribution in [-0.4, -0.2) is 0 Å². The highest BCUT2D eigenvalue weighted by molar-refractivity contribution is 5.25. The van der Waals surface area contributed by atoms with Crippen molar-refractivity contribution in [3.63, 3.8) is 0 Å². The molecule has 2 radical (unpaired) electrons. The Morgan fingerprint density at radius 3 is 2.55 bits per heavy atom. The lowest BCUT2D eigenvalue weighted by Gasteiger charge is -2.14. The van der Waals surface area contributed by atoms with E-state index in [1.165, 1.54) is 0 Å². The first-order valence-electron chi connectivity index (χ1n) is 4.30.